The number of rotatable bonds is 5. The Bertz CT molecular complexity index is 589. The highest BCUT2D eigenvalue weighted by molar-refractivity contribution is 7.19. The Morgan fingerprint density at radius 1 is 1.38 bits per heavy atom. The van der Waals surface area contributed by atoms with Crippen molar-refractivity contribution in [2.45, 2.75) is 25.9 Å². The summed E-state index contributed by atoms with van der Waals surface area (Å²) in [7, 11) is 2.21. The smallest absolute Gasteiger partial charge is 0.0506 e. The molecule has 1 atom stereocenters. The van der Waals surface area contributed by atoms with Crippen LogP contribution in [0.5, 0.6) is 0 Å². The fourth-order valence-electron chi connectivity index (χ4n) is 3.21. The lowest BCUT2D eigenvalue weighted by atomic mass is 10.0. The van der Waals surface area contributed by atoms with Gasteiger partial charge in [-0.25, -0.2) is 0 Å². The van der Waals surface area contributed by atoms with Crippen LogP contribution in [-0.2, 0) is 17.8 Å². The van der Waals surface area contributed by atoms with Gasteiger partial charge in [0.1, 0.15) is 0 Å². The van der Waals surface area contributed by atoms with E-state index in [0.29, 0.717) is 12.5 Å². The van der Waals surface area contributed by atoms with E-state index < -0.39 is 0 Å². The van der Waals surface area contributed by atoms with Gasteiger partial charge in [-0.1, -0.05) is 18.2 Å². The third-order valence-corrected chi connectivity index (χ3v) is 5.46. The molecule has 1 aromatic heterocycles. The highest BCUT2D eigenvalue weighted by Crippen LogP contribution is 2.32. The summed E-state index contributed by atoms with van der Waals surface area (Å²) in [4.78, 5) is 3.75. The summed E-state index contributed by atoms with van der Waals surface area (Å²) in [5.41, 5.74) is 7.36. The zero-order valence-corrected chi connectivity index (χ0v) is 13.5. The van der Waals surface area contributed by atoms with Gasteiger partial charge in [0.2, 0.25) is 0 Å². The molecule has 3 nitrogen and oxygen atoms in total. The van der Waals surface area contributed by atoms with Crippen LogP contribution in [0, 0.1) is 5.92 Å². The standard InChI is InChI=1S/C17H24N2OS/c1-19(10-13-5-4-8-20-12-13)11-15-14-6-2-3-7-16(14)21-17(15)9-18/h2-3,6-7,13H,4-5,8-12,18H2,1H3. The van der Waals surface area contributed by atoms with Gasteiger partial charge in [-0.2, -0.15) is 0 Å². The second-order valence-corrected chi connectivity index (χ2v) is 7.12. The van der Waals surface area contributed by atoms with Gasteiger partial charge >= 0.3 is 0 Å². The maximum Gasteiger partial charge on any atom is 0.0506 e. The van der Waals surface area contributed by atoms with Crippen molar-refractivity contribution in [3.63, 3.8) is 0 Å². The third kappa shape index (κ3) is 3.46. The van der Waals surface area contributed by atoms with Crippen LogP contribution in [0.1, 0.15) is 23.3 Å². The van der Waals surface area contributed by atoms with Crippen molar-refractivity contribution in [3.8, 4) is 0 Å². The maximum absolute atomic E-state index is 5.95. The first-order chi connectivity index (χ1) is 10.3. The number of hydrogen-bond donors (Lipinski definition) is 1. The Kier molecular flexibility index (Phi) is 4.91. The largest absolute Gasteiger partial charge is 0.381 e. The Morgan fingerprint density at radius 3 is 3.00 bits per heavy atom. The van der Waals surface area contributed by atoms with Gasteiger partial charge in [-0.3, -0.25) is 0 Å². The van der Waals surface area contributed by atoms with Crippen LogP contribution in [0.15, 0.2) is 24.3 Å². The normalized spacial score (nSPS) is 19.5. The van der Waals surface area contributed by atoms with Gasteiger partial charge in [0.15, 0.2) is 0 Å². The van der Waals surface area contributed by atoms with E-state index in [1.54, 1.807) is 0 Å². The van der Waals surface area contributed by atoms with Crippen LogP contribution >= 0.6 is 11.3 Å². The van der Waals surface area contributed by atoms with Crippen molar-refractivity contribution in [1.82, 2.24) is 4.90 Å². The molecule has 1 saturated heterocycles. The van der Waals surface area contributed by atoms with Crippen LogP contribution in [-0.4, -0.2) is 31.7 Å². The molecule has 3 rings (SSSR count). The van der Waals surface area contributed by atoms with E-state index in [4.69, 9.17) is 10.5 Å². The molecule has 114 valence electrons. The Balaban J connectivity index is 1.74. The number of nitrogens with zero attached hydrogens (tertiary/aromatic N) is 1. The molecule has 4 heteroatoms. The fourth-order valence-corrected chi connectivity index (χ4v) is 4.31. The molecular weight excluding hydrogens is 280 g/mol. The fraction of sp³-hybridized carbons (Fsp3) is 0.529. The molecule has 0 amide bonds. The van der Waals surface area contributed by atoms with E-state index in [-0.39, 0.29) is 0 Å². The first kappa shape index (κ1) is 15.0. The summed E-state index contributed by atoms with van der Waals surface area (Å²) in [6.07, 6.45) is 2.49. The molecule has 2 heterocycles. The Morgan fingerprint density at radius 2 is 2.24 bits per heavy atom. The van der Waals surface area contributed by atoms with Crippen molar-refractivity contribution in [2.24, 2.45) is 11.7 Å². The lowest BCUT2D eigenvalue weighted by Gasteiger charge is -2.27. The molecule has 0 spiro atoms. The molecule has 0 bridgehead atoms. The number of nitrogens with two attached hydrogens (primary N) is 1. The van der Waals surface area contributed by atoms with Gasteiger partial charge in [-0.05, 0) is 42.8 Å². The zero-order valence-electron chi connectivity index (χ0n) is 12.7. The third-order valence-electron chi connectivity index (χ3n) is 4.22. The average molecular weight is 304 g/mol. The molecular formula is C17H24N2OS. The minimum absolute atomic E-state index is 0.634. The summed E-state index contributed by atoms with van der Waals surface area (Å²) in [6.45, 7) is 4.57. The first-order valence-corrected chi connectivity index (χ1v) is 8.55. The predicted octanol–water partition coefficient (Wildman–Crippen LogP) is 3.22. The summed E-state index contributed by atoms with van der Waals surface area (Å²) in [6, 6.07) is 8.63. The molecule has 1 aliphatic rings. The molecule has 0 saturated carbocycles. The second-order valence-electron chi connectivity index (χ2n) is 5.98. The minimum atomic E-state index is 0.634. The summed E-state index contributed by atoms with van der Waals surface area (Å²) >= 11 is 1.84. The Hall–Kier alpha value is -0.940. The predicted molar refractivity (Wildman–Crippen MR) is 89.6 cm³/mol. The van der Waals surface area contributed by atoms with Gasteiger partial charge in [0.05, 0.1) is 6.61 Å². The second kappa shape index (κ2) is 6.88. The molecule has 0 radical (unpaired) electrons. The minimum Gasteiger partial charge on any atom is -0.381 e. The van der Waals surface area contributed by atoms with E-state index in [9.17, 15) is 0 Å². The van der Waals surface area contributed by atoms with Crippen molar-refractivity contribution in [3.05, 3.63) is 34.7 Å². The van der Waals surface area contributed by atoms with E-state index in [0.717, 1.165) is 26.3 Å². The highest BCUT2D eigenvalue weighted by atomic mass is 32.1. The summed E-state index contributed by atoms with van der Waals surface area (Å²) < 4.78 is 6.94. The molecule has 1 fully saturated rings. The summed E-state index contributed by atoms with van der Waals surface area (Å²) in [5.74, 6) is 0.676. The van der Waals surface area contributed by atoms with E-state index in [1.165, 1.54) is 33.4 Å². The van der Waals surface area contributed by atoms with Crippen molar-refractivity contribution < 1.29 is 4.74 Å². The first-order valence-electron chi connectivity index (χ1n) is 7.73. The van der Waals surface area contributed by atoms with Gasteiger partial charge in [0, 0.05) is 35.8 Å². The number of hydrogen-bond acceptors (Lipinski definition) is 4. The lowest BCUT2D eigenvalue weighted by Crippen LogP contribution is -2.30. The number of thiophene rings is 1. The van der Waals surface area contributed by atoms with E-state index in [1.807, 2.05) is 11.3 Å². The zero-order chi connectivity index (χ0) is 14.7. The molecule has 2 aromatic rings. The van der Waals surface area contributed by atoms with Gasteiger partial charge in [-0.15, -0.1) is 11.3 Å². The van der Waals surface area contributed by atoms with Crippen molar-refractivity contribution in [1.29, 1.82) is 0 Å². The maximum atomic E-state index is 5.95. The van der Waals surface area contributed by atoms with Gasteiger partial charge in [0.25, 0.3) is 0 Å². The number of ether oxygens (including phenoxy) is 1. The SMILES string of the molecule is CN(Cc1c(CN)sc2ccccc12)CC1CCCOC1. The lowest BCUT2D eigenvalue weighted by molar-refractivity contribution is 0.0412. The average Bonchev–Trinajstić information content (AvgIpc) is 2.86. The van der Waals surface area contributed by atoms with Crippen LogP contribution in [0.3, 0.4) is 0 Å². The monoisotopic (exact) mass is 304 g/mol. The van der Waals surface area contributed by atoms with Gasteiger partial charge < -0.3 is 15.4 Å². The van der Waals surface area contributed by atoms with Crippen LogP contribution < -0.4 is 5.73 Å². The van der Waals surface area contributed by atoms with Crippen molar-refractivity contribution >= 4 is 21.4 Å². The van der Waals surface area contributed by atoms with Crippen LogP contribution in [0.25, 0.3) is 10.1 Å². The molecule has 0 aliphatic carbocycles. The summed E-state index contributed by atoms with van der Waals surface area (Å²) in [5, 5.41) is 1.37. The number of fused-ring (bicyclic) bond motifs is 1. The number of benzene rings is 1. The molecule has 2 N–H and O–H groups in total. The Labute approximate surface area is 130 Å². The van der Waals surface area contributed by atoms with Crippen LogP contribution in [0.4, 0.5) is 0 Å². The molecule has 1 unspecified atom stereocenters. The highest BCUT2D eigenvalue weighted by Gasteiger charge is 2.18. The topological polar surface area (TPSA) is 38.5 Å². The molecule has 21 heavy (non-hydrogen) atoms. The molecule has 1 aromatic carbocycles. The molecule has 1 aliphatic heterocycles. The van der Waals surface area contributed by atoms with Crippen LogP contribution in [0.2, 0.25) is 0 Å². The quantitative estimate of drug-likeness (QED) is 0.922. The van der Waals surface area contributed by atoms with Crippen molar-refractivity contribution in [2.75, 3.05) is 26.8 Å². The van der Waals surface area contributed by atoms with E-state index in [2.05, 4.69) is 36.2 Å². The van der Waals surface area contributed by atoms with E-state index >= 15 is 0 Å².